The molecule has 1 heterocycles. The second-order valence-electron chi connectivity index (χ2n) is 4.92. The van der Waals surface area contributed by atoms with Crippen molar-refractivity contribution in [2.75, 3.05) is 6.61 Å². The van der Waals surface area contributed by atoms with Crippen molar-refractivity contribution < 1.29 is 18.4 Å². The molecule has 0 aliphatic heterocycles. The van der Waals surface area contributed by atoms with Gasteiger partial charge in [-0.25, -0.2) is 14.9 Å². The lowest BCUT2D eigenvalue weighted by Crippen LogP contribution is -2.24. The minimum Gasteiger partial charge on any atom is -0.436 e. The Labute approximate surface area is 138 Å². The van der Waals surface area contributed by atoms with E-state index in [0.29, 0.717) is 29.1 Å². The minimum atomic E-state index is -0.405. The molecule has 24 heavy (non-hydrogen) atoms. The van der Waals surface area contributed by atoms with Crippen molar-refractivity contribution in [3.63, 3.8) is 0 Å². The summed E-state index contributed by atoms with van der Waals surface area (Å²) in [6.07, 6.45) is 1.44. The van der Waals surface area contributed by atoms with E-state index in [1.807, 2.05) is 0 Å². The van der Waals surface area contributed by atoms with Crippen molar-refractivity contribution in [3.05, 3.63) is 66.1 Å². The monoisotopic (exact) mass is 326 g/mol. The third kappa shape index (κ3) is 3.18. The number of hydrogen-bond donors (Lipinski definition) is 1. The maximum absolute atomic E-state index is 13.9. The van der Waals surface area contributed by atoms with Gasteiger partial charge in [0.05, 0.1) is 23.9 Å². The second-order valence-corrected chi connectivity index (χ2v) is 4.92. The number of oxazole rings is 1. The highest BCUT2D eigenvalue weighted by atomic mass is 19.1. The Morgan fingerprint density at radius 2 is 1.88 bits per heavy atom. The van der Waals surface area contributed by atoms with Crippen LogP contribution in [0.15, 0.2) is 59.1 Å². The first kappa shape index (κ1) is 15.9. The van der Waals surface area contributed by atoms with E-state index in [9.17, 15) is 9.18 Å². The van der Waals surface area contributed by atoms with Crippen LogP contribution in [0.25, 0.3) is 22.8 Å². The van der Waals surface area contributed by atoms with Crippen LogP contribution in [-0.2, 0) is 4.84 Å². The van der Waals surface area contributed by atoms with Gasteiger partial charge in [0.1, 0.15) is 5.82 Å². The predicted octanol–water partition coefficient (Wildman–Crippen LogP) is 3.83. The van der Waals surface area contributed by atoms with Gasteiger partial charge in [0.25, 0.3) is 5.91 Å². The Morgan fingerprint density at radius 1 is 1.17 bits per heavy atom. The largest absolute Gasteiger partial charge is 0.436 e. The molecule has 0 unspecified atom stereocenters. The van der Waals surface area contributed by atoms with Crippen molar-refractivity contribution in [1.29, 1.82) is 0 Å². The number of benzene rings is 2. The smallest absolute Gasteiger partial charge is 0.275 e. The van der Waals surface area contributed by atoms with Gasteiger partial charge in [-0.2, -0.15) is 0 Å². The summed E-state index contributed by atoms with van der Waals surface area (Å²) in [5.74, 6) is -0.278. The Balaban J connectivity index is 1.96. The zero-order valence-corrected chi connectivity index (χ0v) is 13.0. The van der Waals surface area contributed by atoms with Crippen molar-refractivity contribution >= 4 is 5.91 Å². The van der Waals surface area contributed by atoms with Gasteiger partial charge in [0, 0.05) is 5.56 Å². The number of amides is 1. The molecule has 1 amide bonds. The van der Waals surface area contributed by atoms with Crippen LogP contribution < -0.4 is 5.48 Å². The highest BCUT2D eigenvalue weighted by molar-refractivity contribution is 5.99. The standard InChI is InChI=1S/C18H15FN2O3/c1-2-23-21-17(22)12-7-3-4-8-13(12)18-20-11-16(24-18)14-9-5-6-10-15(14)19/h3-11H,2H2,1H3,(H,21,22). The molecule has 0 bridgehead atoms. The van der Waals surface area contributed by atoms with Crippen LogP contribution in [0.1, 0.15) is 17.3 Å². The van der Waals surface area contributed by atoms with E-state index in [4.69, 9.17) is 9.25 Å². The number of hydroxylamine groups is 1. The molecule has 5 nitrogen and oxygen atoms in total. The quantitative estimate of drug-likeness (QED) is 0.724. The molecule has 0 atom stereocenters. The van der Waals surface area contributed by atoms with Crippen molar-refractivity contribution in [1.82, 2.24) is 10.5 Å². The molecule has 3 rings (SSSR count). The topological polar surface area (TPSA) is 64.4 Å². The highest BCUT2D eigenvalue weighted by Gasteiger charge is 2.17. The first-order chi connectivity index (χ1) is 11.7. The Hall–Kier alpha value is -2.99. The molecule has 6 heteroatoms. The predicted molar refractivity (Wildman–Crippen MR) is 86.4 cm³/mol. The fraction of sp³-hybridized carbons (Fsp3) is 0.111. The summed E-state index contributed by atoms with van der Waals surface area (Å²) < 4.78 is 19.5. The Morgan fingerprint density at radius 3 is 2.62 bits per heavy atom. The van der Waals surface area contributed by atoms with Gasteiger partial charge >= 0.3 is 0 Å². The maximum atomic E-state index is 13.9. The van der Waals surface area contributed by atoms with Gasteiger partial charge < -0.3 is 4.42 Å². The molecule has 0 aliphatic rings. The normalized spacial score (nSPS) is 10.6. The van der Waals surface area contributed by atoms with E-state index in [1.54, 1.807) is 49.4 Å². The molecule has 0 aliphatic carbocycles. The van der Waals surface area contributed by atoms with Crippen molar-refractivity contribution in [3.8, 4) is 22.8 Å². The molecule has 0 saturated carbocycles. The van der Waals surface area contributed by atoms with Crippen LogP contribution in [0, 0.1) is 5.82 Å². The molecule has 122 valence electrons. The van der Waals surface area contributed by atoms with Crippen LogP contribution in [0.2, 0.25) is 0 Å². The van der Waals surface area contributed by atoms with Gasteiger partial charge in [-0.3, -0.25) is 9.63 Å². The van der Waals surface area contributed by atoms with Crippen molar-refractivity contribution in [2.24, 2.45) is 0 Å². The molecule has 0 spiro atoms. The lowest BCUT2D eigenvalue weighted by molar-refractivity contribution is 0.0365. The molecule has 0 saturated heterocycles. The van der Waals surface area contributed by atoms with Crippen LogP contribution in [-0.4, -0.2) is 17.5 Å². The fourth-order valence-electron chi connectivity index (χ4n) is 2.24. The average Bonchev–Trinajstić information content (AvgIpc) is 3.09. The van der Waals surface area contributed by atoms with Gasteiger partial charge in [-0.1, -0.05) is 24.3 Å². The maximum Gasteiger partial charge on any atom is 0.275 e. The highest BCUT2D eigenvalue weighted by Crippen LogP contribution is 2.29. The molecule has 0 radical (unpaired) electrons. The van der Waals surface area contributed by atoms with E-state index in [-0.39, 0.29) is 5.89 Å². The number of carbonyl (C=O) groups excluding carboxylic acids is 1. The van der Waals surface area contributed by atoms with E-state index in [2.05, 4.69) is 10.5 Å². The second kappa shape index (κ2) is 7.06. The van der Waals surface area contributed by atoms with Crippen LogP contribution in [0.3, 0.4) is 0 Å². The molecular weight excluding hydrogens is 311 g/mol. The molecule has 1 aromatic heterocycles. The zero-order chi connectivity index (χ0) is 16.9. The average molecular weight is 326 g/mol. The summed E-state index contributed by atoms with van der Waals surface area (Å²) in [5, 5.41) is 0. The van der Waals surface area contributed by atoms with Crippen LogP contribution in [0.4, 0.5) is 4.39 Å². The van der Waals surface area contributed by atoms with Gasteiger partial charge in [0.2, 0.25) is 5.89 Å². The number of halogens is 1. The molecule has 1 N–H and O–H groups in total. The molecule has 2 aromatic carbocycles. The molecule has 0 fully saturated rings. The van der Waals surface area contributed by atoms with E-state index in [0.717, 1.165) is 0 Å². The fourth-order valence-corrected chi connectivity index (χ4v) is 2.24. The lowest BCUT2D eigenvalue weighted by atomic mass is 10.1. The third-order valence-electron chi connectivity index (χ3n) is 3.36. The molecular formula is C18H15FN2O3. The van der Waals surface area contributed by atoms with Crippen LogP contribution in [0.5, 0.6) is 0 Å². The lowest BCUT2D eigenvalue weighted by Gasteiger charge is -2.07. The number of aromatic nitrogens is 1. The van der Waals surface area contributed by atoms with Crippen molar-refractivity contribution in [2.45, 2.75) is 6.92 Å². The number of hydrogen-bond acceptors (Lipinski definition) is 4. The zero-order valence-electron chi connectivity index (χ0n) is 13.0. The van der Waals surface area contributed by atoms with E-state index < -0.39 is 11.7 Å². The van der Waals surface area contributed by atoms with Crippen LogP contribution >= 0.6 is 0 Å². The summed E-state index contributed by atoms with van der Waals surface area (Å²) in [6.45, 7) is 2.12. The SMILES string of the molecule is CCONC(=O)c1ccccc1-c1ncc(-c2ccccc2F)o1. The summed E-state index contributed by atoms with van der Waals surface area (Å²) in [5.41, 5.74) is 3.50. The number of rotatable bonds is 5. The number of carbonyl (C=O) groups is 1. The first-order valence-corrected chi connectivity index (χ1v) is 7.43. The third-order valence-corrected chi connectivity index (χ3v) is 3.36. The van der Waals surface area contributed by atoms with Gasteiger partial charge in [0.15, 0.2) is 5.76 Å². The summed E-state index contributed by atoms with van der Waals surface area (Å²) in [7, 11) is 0. The summed E-state index contributed by atoms with van der Waals surface area (Å²) >= 11 is 0. The summed E-state index contributed by atoms with van der Waals surface area (Å²) in [6, 6.07) is 13.1. The van der Waals surface area contributed by atoms with Gasteiger partial charge in [-0.05, 0) is 31.2 Å². The first-order valence-electron chi connectivity index (χ1n) is 7.43. The number of nitrogens with zero attached hydrogens (tertiary/aromatic N) is 1. The Bertz CT molecular complexity index is 861. The molecule has 3 aromatic rings. The van der Waals surface area contributed by atoms with E-state index in [1.165, 1.54) is 12.3 Å². The Kier molecular flexibility index (Phi) is 4.67. The number of nitrogens with one attached hydrogen (secondary N) is 1. The summed E-state index contributed by atoms with van der Waals surface area (Å²) in [4.78, 5) is 21.3. The van der Waals surface area contributed by atoms with E-state index >= 15 is 0 Å². The minimum absolute atomic E-state index is 0.232. The van der Waals surface area contributed by atoms with Gasteiger partial charge in [-0.15, -0.1) is 0 Å².